The highest BCUT2D eigenvalue weighted by molar-refractivity contribution is 4.80. The zero-order valence-corrected chi connectivity index (χ0v) is 10.9. The summed E-state index contributed by atoms with van der Waals surface area (Å²) in [6.07, 6.45) is 4.06. The summed E-state index contributed by atoms with van der Waals surface area (Å²) in [5, 5.41) is 3.67. The Balaban J connectivity index is 1.75. The third-order valence-corrected chi connectivity index (χ3v) is 4.05. The van der Waals surface area contributed by atoms with Crippen LogP contribution in [-0.4, -0.2) is 62.2 Å². The van der Waals surface area contributed by atoms with Crippen LogP contribution in [0.1, 0.15) is 26.2 Å². The van der Waals surface area contributed by atoms with Gasteiger partial charge in [-0.3, -0.25) is 0 Å². The molecule has 2 fully saturated rings. The van der Waals surface area contributed by atoms with Crippen molar-refractivity contribution in [1.29, 1.82) is 0 Å². The quantitative estimate of drug-likeness (QED) is 0.757. The fourth-order valence-electron chi connectivity index (χ4n) is 2.95. The Kier molecular flexibility index (Phi) is 4.62. The molecule has 3 nitrogen and oxygen atoms in total. The Morgan fingerprint density at radius 2 is 2.06 bits per heavy atom. The summed E-state index contributed by atoms with van der Waals surface area (Å²) in [5.74, 6) is 0.918. The van der Waals surface area contributed by atoms with Gasteiger partial charge in [0.05, 0.1) is 0 Å². The molecule has 2 unspecified atom stereocenters. The molecule has 2 aliphatic heterocycles. The molecule has 0 saturated carbocycles. The van der Waals surface area contributed by atoms with Gasteiger partial charge in [0.15, 0.2) is 0 Å². The molecule has 0 spiro atoms. The molecular formula is C13H27N3. The molecule has 2 aliphatic rings. The fraction of sp³-hybridized carbons (Fsp3) is 1.00. The summed E-state index contributed by atoms with van der Waals surface area (Å²) >= 11 is 0. The summed E-state index contributed by atoms with van der Waals surface area (Å²) < 4.78 is 0. The van der Waals surface area contributed by atoms with E-state index < -0.39 is 0 Å². The van der Waals surface area contributed by atoms with E-state index in [9.17, 15) is 0 Å². The van der Waals surface area contributed by atoms with Gasteiger partial charge in [-0.2, -0.15) is 0 Å². The summed E-state index contributed by atoms with van der Waals surface area (Å²) in [5.41, 5.74) is 0. The maximum absolute atomic E-state index is 3.67. The highest BCUT2D eigenvalue weighted by Gasteiger charge is 2.21. The van der Waals surface area contributed by atoms with Crippen LogP contribution in [0.4, 0.5) is 0 Å². The van der Waals surface area contributed by atoms with Crippen molar-refractivity contribution in [3.05, 3.63) is 0 Å². The minimum atomic E-state index is 0.743. The number of hydrogen-bond acceptors (Lipinski definition) is 3. The first-order valence-electron chi connectivity index (χ1n) is 6.88. The van der Waals surface area contributed by atoms with Crippen molar-refractivity contribution in [3.63, 3.8) is 0 Å². The predicted octanol–water partition coefficient (Wildman–Crippen LogP) is 1.01. The van der Waals surface area contributed by atoms with Gasteiger partial charge in [-0.25, -0.2) is 0 Å². The highest BCUT2D eigenvalue weighted by Crippen LogP contribution is 2.16. The Morgan fingerprint density at radius 3 is 2.88 bits per heavy atom. The van der Waals surface area contributed by atoms with E-state index >= 15 is 0 Å². The number of piperidine rings is 1. The van der Waals surface area contributed by atoms with Crippen molar-refractivity contribution < 1.29 is 0 Å². The molecular weight excluding hydrogens is 198 g/mol. The van der Waals surface area contributed by atoms with Crippen molar-refractivity contribution in [2.75, 3.05) is 46.3 Å². The lowest BCUT2D eigenvalue weighted by molar-refractivity contribution is 0.210. The Morgan fingerprint density at radius 1 is 1.19 bits per heavy atom. The van der Waals surface area contributed by atoms with Gasteiger partial charge in [0, 0.05) is 25.7 Å². The minimum absolute atomic E-state index is 0.743. The summed E-state index contributed by atoms with van der Waals surface area (Å²) in [7, 11) is 2.24. The predicted molar refractivity (Wildman–Crippen MR) is 68.7 cm³/mol. The van der Waals surface area contributed by atoms with Gasteiger partial charge in [-0.15, -0.1) is 0 Å². The zero-order chi connectivity index (χ0) is 11.4. The second kappa shape index (κ2) is 5.99. The summed E-state index contributed by atoms with van der Waals surface area (Å²) in [6, 6.07) is 0.743. The molecule has 16 heavy (non-hydrogen) atoms. The maximum atomic E-state index is 3.67. The second-order valence-corrected chi connectivity index (χ2v) is 5.74. The highest BCUT2D eigenvalue weighted by atomic mass is 15.2. The van der Waals surface area contributed by atoms with E-state index in [1.165, 1.54) is 58.5 Å². The van der Waals surface area contributed by atoms with E-state index in [4.69, 9.17) is 0 Å². The largest absolute Gasteiger partial charge is 0.313 e. The van der Waals surface area contributed by atoms with Crippen molar-refractivity contribution >= 4 is 0 Å². The molecule has 2 heterocycles. The van der Waals surface area contributed by atoms with Crippen LogP contribution < -0.4 is 5.32 Å². The molecule has 0 aromatic rings. The van der Waals surface area contributed by atoms with E-state index in [2.05, 4.69) is 29.1 Å². The zero-order valence-electron chi connectivity index (χ0n) is 10.9. The van der Waals surface area contributed by atoms with Crippen molar-refractivity contribution in [2.45, 2.75) is 32.2 Å². The molecule has 0 radical (unpaired) electrons. The first-order valence-corrected chi connectivity index (χ1v) is 6.88. The molecule has 94 valence electrons. The molecule has 2 saturated heterocycles. The molecule has 0 aromatic carbocycles. The average Bonchev–Trinajstić information content (AvgIpc) is 2.44. The minimum Gasteiger partial charge on any atom is -0.313 e. The molecule has 1 N–H and O–H groups in total. The lowest BCUT2D eigenvalue weighted by atomic mass is 9.94. The van der Waals surface area contributed by atoms with Crippen LogP contribution in [0.25, 0.3) is 0 Å². The third-order valence-electron chi connectivity index (χ3n) is 4.05. The number of likely N-dealkylation sites (N-methyl/N-ethyl adjacent to an activating group) is 1. The van der Waals surface area contributed by atoms with Crippen LogP contribution in [0.15, 0.2) is 0 Å². The average molecular weight is 225 g/mol. The number of nitrogens with one attached hydrogen (secondary N) is 1. The van der Waals surface area contributed by atoms with Crippen molar-refractivity contribution in [3.8, 4) is 0 Å². The molecule has 3 heteroatoms. The third kappa shape index (κ3) is 3.72. The van der Waals surface area contributed by atoms with Gasteiger partial charge in [0.1, 0.15) is 0 Å². The van der Waals surface area contributed by atoms with E-state index in [0.717, 1.165) is 12.0 Å². The molecule has 2 atom stereocenters. The van der Waals surface area contributed by atoms with E-state index in [0.29, 0.717) is 0 Å². The van der Waals surface area contributed by atoms with Crippen LogP contribution in [0.3, 0.4) is 0 Å². The smallest absolute Gasteiger partial charge is 0.0197 e. The number of rotatable bonds is 2. The van der Waals surface area contributed by atoms with Crippen molar-refractivity contribution in [1.82, 2.24) is 15.1 Å². The fourth-order valence-corrected chi connectivity index (χ4v) is 2.95. The topological polar surface area (TPSA) is 18.5 Å². The molecule has 0 aromatic heterocycles. The lowest BCUT2D eigenvalue weighted by Gasteiger charge is -2.32. The van der Waals surface area contributed by atoms with Crippen molar-refractivity contribution in [2.24, 2.45) is 5.92 Å². The van der Waals surface area contributed by atoms with Gasteiger partial charge in [-0.05, 0) is 51.9 Å². The SMILES string of the molecule is CC1CCNC(CN2CCCN(C)CC2)C1. The van der Waals surface area contributed by atoms with Crippen LogP contribution in [0, 0.1) is 5.92 Å². The van der Waals surface area contributed by atoms with Gasteiger partial charge in [0.2, 0.25) is 0 Å². The van der Waals surface area contributed by atoms with E-state index in [-0.39, 0.29) is 0 Å². The van der Waals surface area contributed by atoms with Crippen LogP contribution >= 0.6 is 0 Å². The standard InChI is InChI=1S/C13H27N3/c1-12-4-5-14-13(10-12)11-16-7-3-6-15(2)8-9-16/h12-14H,3-11H2,1-2H3. The lowest BCUT2D eigenvalue weighted by Crippen LogP contribution is -2.46. The van der Waals surface area contributed by atoms with Gasteiger partial charge >= 0.3 is 0 Å². The Bertz CT molecular complexity index is 207. The van der Waals surface area contributed by atoms with Crippen LogP contribution in [0.5, 0.6) is 0 Å². The normalized spacial score (nSPS) is 34.9. The van der Waals surface area contributed by atoms with Gasteiger partial charge in [-0.1, -0.05) is 6.92 Å². The maximum Gasteiger partial charge on any atom is 0.0197 e. The van der Waals surface area contributed by atoms with E-state index in [1.807, 2.05) is 0 Å². The first-order chi connectivity index (χ1) is 7.74. The molecule has 0 bridgehead atoms. The number of nitrogens with zero attached hydrogens (tertiary/aromatic N) is 2. The summed E-state index contributed by atoms with van der Waals surface area (Å²) in [4.78, 5) is 5.11. The van der Waals surface area contributed by atoms with Crippen LogP contribution in [0.2, 0.25) is 0 Å². The monoisotopic (exact) mass is 225 g/mol. The second-order valence-electron chi connectivity index (χ2n) is 5.74. The van der Waals surface area contributed by atoms with Gasteiger partial charge in [0.25, 0.3) is 0 Å². The molecule has 0 aliphatic carbocycles. The molecule has 0 amide bonds. The Hall–Kier alpha value is -0.120. The van der Waals surface area contributed by atoms with Crippen LogP contribution in [-0.2, 0) is 0 Å². The first kappa shape index (κ1) is 12.3. The number of hydrogen-bond donors (Lipinski definition) is 1. The molecule has 2 rings (SSSR count). The summed E-state index contributed by atoms with van der Waals surface area (Å²) in [6.45, 7) is 9.93. The van der Waals surface area contributed by atoms with E-state index in [1.54, 1.807) is 0 Å². The van der Waals surface area contributed by atoms with Gasteiger partial charge < -0.3 is 15.1 Å². The Labute approximate surface area is 100 Å².